The normalized spacial score (nSPS) is 43.3. The maximum absolute atomic E-state index is 12.2. The first-order chi connectivity index (χ1) is 14.7. The Balaban J connectivity index is 1.80. The number of rotatable bonds is 6. The topological polar surface area (TPSA) is 124 Å². The second kappa shape index (κ2) is 8.58. The van der Waals surface area contributed by atoms with Crippen molar-refractivity contribution in [1.82, 2.24) is 0 Å². The van der Waals surface area contributed by atoms with Gasteiger partial charge in [0.25, 0.3) is 0 Å². The van der Waals surface area contributed by atoms with Crippen LogP contribution < -0.4 is 0 Å². The second-order valence-electron chi connectivity index (χ2n) is 11.0. The van der Waals surface area contributed by atoms with E-state index in [1.165, 1.54) is 6.08 Å². The van der Waals surface area contributed by atoms with E-state index in [-0.39, 0.29) is 12.3 Å². The Morgan fingerprint density at radius 2 is 1.97 bits per heavy atom. The average Bonchev–Trinajstić information content (AvgIpc) is 2.98. The third-order valence-electron chi connectivity index (χ3n) is 8.48. The minimum Gasteiger partial charge on any atom is -0.481 e. The van der Waals surface area contributed by atoms with Crippen LogP contribution in [0.4, 0.5) is 0 Å². The number of aliphatic hydroxyl groups is 3. The Kier molecular flexibility index (Phi) is 6.68. The number of esters is 1. The highest BCUT2D eigenvalue weighted by atomic mass is 16.6. The van der Waals surface area contributed by atoms with Gasteiger partial charge in [-0.15, -0.1) is 0 Å². The first-order valence-electron chi connectivity index (χ1n) is 11.6. The largest absolute Gasteiger partial charge is 0.481 e. The van der Waals surface area contributed by atoms with Crippen LogP contribution >= 0.6 is 0 Å². The zero-order valence-corrected chi connectivity index (χ0v) is 19.8. The van der Waals surface area contributed by atoms with E-state index in [0.29, 0.717) is 24.8 Å². The lowest BCUT2D eigenvalue weighted by Gasteiger charge is -2.62. The lowest BCUT2D eigenvalue weighted by atomic mass is 9.44. The number of carbonyl (C=O) groups excluding carboxylic acids is 1. The summed E-state index contributed by atoms with van der Waals surface area (Å²) in [5, 5.41) is 42.8. The molecule has 32 heavy (non-hydrogen) atoms. The van der Waals surface area contributed by atoms with E-state index in [0.717, 1.165) is 18.4 Å². The van der Waals surface area contributed by atoms with Crippen LogP contribution in [0, 0.1) is 22.7 Å². The van der Waals surface area contributed by atoms with E-state index in [1.54, 1.807) is 26.8 Å². The Morgan fingerprint density at radius 1 is 1.31 bits per heavy atom. The molecule has 0 unspecified atom stereocenters. The van der Waals surface area contributed by atoms with Gasteiger partial charge in [0.2, 0.25) is 0 Å². The summed E-state index contributed by atoms with van der Waals surface area (Å²) in [5.41, 5.74) is -1.08. The van der Waals surface area contributed by atoms with Crippen molar-refractivity contribution in [3.8, 4) is 0 Å². The lowest BCUT2D eigenvalue weighted by molar-refractivity contribution is -0.223. The van der Waals surface area contributed by atoms with Gasteiger partial charge in [-0.1, -0.05) is 25.0 Å². The van der Waals surface area contributed by atoms with Crippen LogP contribution in [0.2, 0.25) is 0 Å². The maximum atomic E-state index is 12.2. The summed E-state index contributed by atoms with van der Waals surface area (Å²) in [4.78, 5) is 23.6. The molecule has 180 valence electrons. The third kappa shape index (κ3) is 4.27. The quantitative estimate of drug-likeness (QED) is 0.362. The molecule has 2 fully saturated rings. The summed E-state index contributed by atoms with van der Waals surface area (Å²) in [6.45, 7) is 9.15. The molecule has 2 saturated carbocycles. The number of hydrogen-bond acceptors (Lipinski definition) is 6. The van der Waals surface area contributed by atoms with Crippen LogP contribution in [0.3, 0.4) is 0 Å². The predicted molar refractivity (Wildman–Crippen MR) is 119 cm³/mol. The van der Waals surface area contributed by atoms with Crippen molar-refractivity contribution < 1.29 is 34.8 Å². The van der Waals surface area contributed by atoms with Crippen LogP contribution in [0.15, 0.2) is 23.3 Å². The van der Waals surface area contributed by atoms with Gasteiger partial charge in [-0.3, -0.25) is 4.79 Å². The number of cyclic esters (lactones) is 1. The molecule has 0 spiro atoms. The Bertz CT molecular complexity index is 828. The molecule has 0 amide bonds. The second-order valence-corrected chi connectivity index (χ2v) is 11.0. The number of ether oxygens (including phenoxy) is 1. The molecule has 3 aliphatic rings. The first kappa shape index (κ1) is 24.9. The third-order valence-corrected chi connectivity index (χ3v) is 8.48. The van der Waals surface area contributed by atoms with Crippen molar-refractivity contribution in [3.05, 3.63) is 23.3 Å². The van der Waals surface area contributed by atoms with Crippen LogP contribution in [0.25, 0.3) is 0 Å². The summed E-state index contributed by atoms with van der Waals surface area (Å²) in [6, 6.07) is 0. The molecular formula is C25H38O7. The van der Waals surface area contributed by atoms with Gasteiger partial charge < -0.3 is 25.2 Å². The van der Waals surface area contributed by atoms with E-state index >= 15 is 0 Å². The average molecular weight is 451 g/mol. The van der Waals surface area contributed by atoms with Gasteiger partial charge in [-0.2, -0.15) is 0 Å². The smallest absolute Gasteiger partial charge is 0.331 e. The summed E-state index contributed by atoms with van der Waals surface area (Å²) >= 11 is 0. The molecule has 1 aliphatic heterocycles. The zero-order chi connectivity index (χ0) is 24.1. The lowest BCUT2D eigenvalue weighted by Crippen LogP contribution is -2.64. The zero-order valence-electron chi connectivity index (χ0n) is 19.8. The molecule has 1 heterocycles. The molecule has 0 saturated heterocycles. The number of aliphatic hydroxyl groups excluding tert-OH is 2. The van der Waals surface area contributed by atoms with Crippen molar-refractivity contribution >= 4 is 11.9 Å². The molecule has 7 nitrogen and oxygen atoms in total. The molecule has 0 aromatic rings. The van der Waals surface area contributed by atoms with E-state index in [1.807, 2.05) is 13.8 Å². The molecule has 8 atom stereocenters. The van der Waals surface area contributed by atoms with Crippen LogP contribution in [0.1, 0.15) is 73.1 Å². The number of hydrogen-bond donors (Lipinski definition) is 4. The molecule has 0 radical (unpaired) electrons. The standard InChI is InChI=1S/C25H38O7/c1-14(11-16(26)20-15(2)12-19(28)32-20)7-8-18-23(3)9-6-10-24(4,22(29)30)21(23)17(27)13-25(18,5)31/h11-12,16-18,20-21,26-27,31H,6-10,13H2,1-5H3,(H,29,30)/t16-,17-,18+,20-,21+,23+,24+,25+/m0/s1. The van der Waals surface area contributed by atoms with Gasteiger partial charge in [0.05, 0.1) is 17.1 Å². The van der Waals surface area contributed by atoms with Gasteiger partial charge in [-0.25, -0.2) is 4.79 Å². The number of allylic oxidation sites excluding steroid dienone is 1. The molecule has 0 bridgehead atoms. The van der Waals surface area contributed by atoms with Crippen molar-refractivity contribution in [2.75, 3.05) is 0 Å². The molecule has 3 rings (SSSR count). The molecule has 0 aromatic carbocycles. The van der Waals surface area contributed by atoms with Crippen LogP contribution in [-0.4, -0.2) is 56.3 Å². The van der Waals surface area contributed by atoms with Gasteiger partial charge in [-0.05, 0) is 70.3 Å². The minimum absolute atomic E-state index is 0.147. The van der Waals surface area contributed by atoms with Gasteiger partial charge in [0.1, 0.15) is 6.10 Å². The minimum atomic E-state index is -1.12. The summed E-state index contributed by atoms with van der Waals surface area (Å²) in [7, 11) is 0. The van der Waals surface area contributed by atoms with Crippen molar-refractivity contribution in [2.45, 2.75) is 97.1 Å². The molecular weight excluding hydrogens is 412 g/mol. The Morgan fingerprint density at radius 3 is 2.53 bits per heavy atom. The van der Waals surface area contributed by atoms with Crippen molar-refractivity contribution in [3.63, 3.8) is 0 Å². The number of fused-ring (bicyclic) bond motifs is 1. The van der Waals surface area contributed by atoms with E-state index in [2.05, 4.69) is 0 Å². The molecule has 4 N–H and O–H groups in total. The number of aliphatic carboxylic acids is 1. The van der Waals surface area contributed by atoms with E-state index < -0.39 is 52.6 Å². The Hall–Kier alpha value is -1.70. The fraction of sp³-hybridized carbons (Fsp3) is 0.760. The van der Waals surface area contributed by atoms with Gasteiger partial charge in [0, 0.05) is 18.4 Å². The maximum Gasteiger partial charge on any atom is 0.331 e. The number of carboxylic acid groups (broad SMARTS) is 1. The first-order valence-corrected chi connectivity index (χ1v) is 11.6. The molecule has 0 aromatic heterocycles. The summed E-state index contributed by atoms with van der Waals surface area (Å²) in [6.07, 6.45) is 3.94. The predicted octanol–water partition coefficient (Wildman–Crippen LogP) is 2.97. The van der Waals surface area contributed by atoms with Crippen molar-refractivity contribution in [1.29, 1.82) is 0 Å². The Labute approximate surface area is 190 Å². The van der Waals surface area contributed by atoms with Crippen LogP contribution in [-0.2, 0) is 14.3 Å². The summed E-state index contributed by atoms with van der Waals surface area (Å²) < 4.78 is 5.16. The molecule has 7 heteroatoms. The highest BCUT2D eigenvalue weighted by molar-refractivity contribution is 5.85. The number of carbonyl (C=O) groups is 2. The fourth-order valence-corrected chi connectivity index (χ4v) is 7.10. The van der Waals surface area contributed by atoms with Gasteiger partial charge >= 0.3 is 11.9 Å². The van der Waals surface area contributed by atoms with Crippen LogP contribution in [0.5, 0.6) is 0 Å². The van der Waals surface area contributed by atoms with Crippen molar-refractivity contribution in [2.24, 2.45) is 22.7 Å². The number of carboxylic acids is 1. The fourth-order valence-electron chi connectivity index (χ4n) is 7.10. The summed E-state index contributed by atoms with van der Waals surface area (Å²) in [5.74, 6) is -1.98. The highest BCUT2D eigenvalue weighted by Crippen LogP contribution is 2.63. The van der Waals surface area contributed by atoms with E-state index in [9.17, 15) is 30.0 Å². The van der Waals surface area contributed by atoms with Gasteiger partial charge in [0.15, 0.2) is 6.10 Å². The molecule has 2 aliphatic carbocycles. The highest BCUT2D eigenvalue weighted by Gasteiger charge is 2.64. The van der Waals surface area contributed by atoms with E-state index in [4.69, 9.17) is 4.74 Å². The monoisotopic (exact) mass is 450 g/mol. The SMILES string of the molecule is CC(=C[C@H](O)[C@H]1OC(=O)C=C1C)CC[C@@H]1[C@@]2(C)CCC[C@@](C)(C(=O)O)[C@@H]2[C@@H](O)C[C@@]1(C)O.